The van der Waals surface area contributed by atoms with E-state index in [1.54, 1.807) is 0 Å². The highest BCUT2D eigenvalue weighted by molar-refractivity contribution is 6.76. The highest BCUT2D eigenvalue weighted by atomic mass is 28.3. The van der Waals surface area contributed by atoms with Gasteiger partial charge in [-0.15, -0.1) is 0 Å². The van der Waals surface area contributed by atoms with E-state index in [1.165, 1.54) is 0 Å². The number of carboxylic acids is 1. The van der Waals surface area contributed by atoms with Crippen molar-refractivity contribution in [1.82, 2.24) is 9.55 Å². The molecule has 0 saturated carbocycles. The van der Waals surface area contributed by atoms with Crippen molar-refractivity contribution in [3.8, 4) is 0 Å². The molecule has 20 heavy (non-hydrogen) atoms. The number of aromatic carboxylic acids is 1. The zero-order valence-electron chi connectivity index (χ0n) is 11.5. The number of alkyl halides is 3. The molecule has 1 N–H and O–H groups in total. The highest BCUT2D eigenvalue weighted by Gasteiger charge is 2.37. The molecule has 0 fully saturated rings. The molecule has 0 bridgehead atoms. The molecule has 1 aromatic rings. The monoisotopic (exact) mass is 310 g/mol. The summed E-state index contributed by atoms with van der Waals surface area (Å²) in [7, 11) is -1.32. The van der Waals surface area contributed by atoms with Gasteiger partial charge in [0.2, 0.25) is 5.82 Å². The second-order valence-electron chi connectivity index (χ2n) is 5.57. The molecule has 0 unspecified atom stereocenters. The van der Waals surface area contributed by atoms with E-state index in [9.17, 15) is 18.0 Å². The molecule has 1 aromatic heterocycles. The third-order valence-electron chi connectivity index (χ3n) is 2.48. The lowest BCUT2D eigenvalue weighted by molar-refractivity contribution is -0.149. The van der Waals surface area contributed by atoms with Crippen LogP contribution in [0.3, 0.4) is 0 Å². The maximum absolute atomic E-state index is 12.7. The smallest absolute Gasteiger partial charge is 0.449 e. The predicted octanol–water partition coefficient (Wildman–Crippen LogP) is 2.91. The molecular formula is C11H17F3N2O3Si. The number of halogens is 3. The number of ether oxygens (including phenoxy) is 1. The van der Waals surface area contributed by atoms with E-state index in [-0.39, 0.29) is 6.73 Å². The second kappa shape index (κ2) is 5.96. The van der Waals surface area contributed by atoms with Gasteiger partial charge in [0.15, 0.2) is 5.69 Å². The molecule has 0 amide bonds. The van der Waals surface area contributed by atoms with E-state index in [0.29, 0.717) is 11.2 Å². The van der Waals surface area contributed by atoms with Crippen LogP contribution in [0.2, 0.25) is 25.7 Å². The molecule has 0 radical (unpaired) electrons. The van der Waals surface area contributed by atoms with Crippen LogP contribution in [0.4, 0.5) is 13.2 Å². The van der Waals surface area contributed by atoms with Gasteiger partial charge in [0.25, 0.3) is 0 Å². The second-order valence-corrected chi connectivity index (χ2v) is 11.2. The number of carbonyl (C=O) groups is 1. The molecule has 5 nitrogen and oxygen atoms in total. The Bertz CT molecular complexity index is 480. The van der Waals surface area contributed by atoms with Gasteiger partial charge in [0.05, 0.1) is 0 Å². The van der Waals surface area contributed by atoms with Crippen LogP contribution in [0.25, 0.3) is 0 Å². The normalized spacial score (nSPS) is 12.7. The maximum atomic E-state index is 12.7. The minimum absolute atomic E-state index is 0.341. The van der Waals surface area contributed by atoms with Gasteiger partial charge in [-0.2, -0.15) is 13.2 Å². The van der Waals surface area contributed by atoms with Crippen LogP contribution < -0.4 is 0 Å². The minimum atomic E-state index is -4.71. The number of nitrogens with zero attached hydrogens (tertiary/aromatic N) is 2. The van der Waals surface area contributed by atoms with E-state index < -0.39 is 31.7 Å². The first-order valence-corrected chi connectivity index (χ1v) is 9.67. The van der Waals surface area contributed by atoms with E-state index >= 15 is 0 Å². The van der Waals surface area contributed by atoms with E-state index in [1.807, 2.05) is 0 Å². The number of hydrogen-bond acceptors (Lipinski definition) is 3. The zero-order chi connectivity index (χ0) is 15.6. The fourth-order valence-corrected chi connectivity index (χ4v) is 2.14. The summed E-state index contributed by atoms with van der Waals surface area (Å²) in [4.78, 5) is 13.8. The summed E-state index contributed by atoms with van der Waals surface area (Å²) >= 11 is 0. The van der Waals surface area contributed by atoms with Gasteiger partial charge in [0.1, 0.15) is 6.73 Å². The summed E-state index contributed by atoms with van der Waals surface area (Å²) in [6, 6.07) is 0.814. The largest absolute Gasteiger partial charge is 0.476 e. The lowest BCUT2D eigenvalue weighted by atomic mass is 10.5. The topological polar surface area (TPSA) is 64.3 Å². The number of rotatable bonds is 6. The molecule has 0 spiro atoms. The van der Waals surface area contributed by atoms with Crippen LogP contribution in [0, 0.1) is 0 Å². The van der Waals surface area contributed by atoms with Crippen molar-refractivity contribution >= 4 is 14.0 Å². The molecule has 0 aliphatic carbocycles. The van der Waals surface area contributed by atoms with Crippen LogP contribution in [-0.2, 0) is 17.6 Å². The van der Waals surface area contributed by atoms with E-state index in [0.717, 1.165) is 12.2 Å². The first-order valence-electron chi connectivity index (χ1n) is 5.96. The molecule has 0 aliphatic heterocycles. The van der Waals surface area contributed by atoms with Crippen molar-refractivity contribution in [2.75, 3.05) is 6.61 Å². The van der Waals surface area contributed by atoms with Gasteiger partial charge >= 0.3 is 12.1 Å². The Morgan fingerprint density at radius 1 is 1.45 bits per heavy atom. The van der Waals surface area contributed by atoms with Crippen molar-refractivity contribution < 1.29 is 27.8 Å². The van der Waals surface area contributed by atoms with Gasteiger partial charge in [-0.25, -0.2) is 9.78 Å². The minimum Gasteiger partial charge on any atom is -0.476 e. The Hall–Kier alpha value is -1.35. The number of carboxylic acid groups (broad SMARTS) is 1. The molecule has 114 valence electrons. The standard InChI is InChI=1S/C11H17F3N2O3Si/c1-20(2,3)5-4-19-7-16-6-8(9(17)18)15-10(16)11(12,13)14/h6H,4-5,7H2,1-3H3,(H,17,18). The van der Waals surface area contributed by atoms with Crippen molar-refractivity contribution in [1.29, 1.82) is 0 Å². The maximum Gasteiger partial charge on any atom is 0.449 e. The fourth-order valence-electron chi connectivity index (χ4n) is 1.38. The van der Waals surface area contributed by atoms with Crippen LogP contribution in [0.15, 0.2) is 6.20 Å². The Morgan fingerprint density at radius 2 is 2.05 bits per heavy atom. The first-order chi connectivity index (χ1) is 9.00. The summed E-state index contributed by atoms with van der Waals surface area (Å²) < 4.78 is 44.0. The Labute approximate surface area is 115 Å². The first kappa shape index (κ1) is 16.7. The number of aromatic nitrogens is 2. The van der Waals surface area contributed by atoms with Crippen molar-refractivity contribution in [2.45, 2.75) is 38.6 Å². The molecule has 9 heteroatoms. The van der Waals surface area contributed by atoms with Crippen LogP contribution in [0.5, 0.6) is 0 Å². The van der Waals surface area contributed by atoms with Crippen LogP contribution in [-0.4, -0.2) is 35.3 Å². The third kappa shape index (κ3) is 4.97. The number of hydrogen-bond donors (Lipinski definition) is 1. The molecule has 1 rings (SSSR count). The Morgan fingerprint density at radius 3 is 2.50 bits per heavy atom. The van der Waals surface area contributed by atoms with Gasteiger partial charge < -0.3 is 14.4 Å². The summed E-state index contributed by atoms with van der Waals surface area (Å²) in [6.45, 7) is 6.35. The molecular weight excluding hydrogens is 293 g/mol. The molecule has 0 saturated heterocycles. The summed E-state index contributed by atoms with van der Waals surface area (Å²) in [5.41, 5.74) is -0.647. The SMILES string of the molecule is C[Si](C)(C)CCOCn1cc(C(=O)O)nc1C(F)(F)F. The number of imidazole rings is 1. The molecule has 0 aromatic carbocycles. The zero-order valence-corrected chi connectivity index (χ0v) is 12.5. The third-order valence-corrected chi connectivity index (χ3v) is 4.18. The van der Waals surface area contributed by atoms with Crippen LogP contribution in [0.1, 0.15) is 16.3 Å². The van der Waals surface area contributed by atoms with Gasteiger partial charge in [-0.1, -0.05) is 19.6 Å². The quantitative estimate of drug-likeness (QED) is 0.648. The lowest BCUT2D eigenvalue weighted by Gasteiger charge is -2.16. The average molecular weight is 310 g/mol. The van der Waals surface area contributed by atoms with Crippen molar-refractivity contribution in [3.05, 3.63) is 17.7 Å². The Balaban J connectivity index is 2.76. The predicted molar refractivity (Wildman–Crippen MR) is 68.3 cm³/mol. The van der Waals surface area contributed by atoms with E-state index in [2.05, 4.69) is 24.6 Å². The van der Waals surface area contributed by atoms with Gasteiger partial charge in [-0.05, 0) is 6.04 Å². The highest BCUT2D eigenvalue weighted by Crippen LogP contribution is 2.28. The van der Waals surface area contributed by atoms with Gasteiger partial charge in [-0.3, -0.25) is 0 Å². The lowest BCUT2D eigenvalue weighted by Crippen LogP contribution is -2.22. The summed E-state index contributed by atoms with van der Waals surface area (Å²) in [6.07, 6.45) is -3.88. The van der Waals surface area contributed by atoms with Crippen LogP contribution >= 0.6 is 0 Å². The van der Waals surface area contributed by atoms with E-state index in [4.69, 9.17) is 9.84 Å². The molecule has 0 aliphatic rings. The summed E-state index contributed by atoms with van der Waals surface area (Å²) in [5.74, 6) is -2.76. The van der Waals surface area contributed by atoms with Crippen molar-refractivity contribution in [2.24, 2.45) is 0 Å². The molecule has 1 heterocycles. The molecule has 0 atom stereocenters. The average Bonchev–Trinajstić information content (AvgIpc) is 2.66. The summed E-state index contributed by atoms with van der Waals surface area (Å²) in [5, 5.41) is 8.69. The van der Waals surface area contributed by atoms with Crippen molar-refractivity contribution in [3.63, 3.8) is 0 Å². The Kier molecular flexibility index (Phi) is 4.98. The van der Waals surface area contributed by atoms with Gasteiger partial charge in [0, 0.05) is 20.9 Å². The fraction of sp³-hybridized carbons (Fsp3) is 0.636.